The fourth-order valence-electron chi connectivity index (χ4n) is 1.45. The molecule has 1 N–H and O–H groups in total. The van der Waals surface area contributed by atoms with Crippen molar-refractivity contribution in [1.29, 1.82) is 0 Å². The van der Waals surface area contributed by atoms with E-state index in [1.807, 2.05) is 0 Å². The van der Waals surface area contributed by atoms with Gasteiger partial charge in [0.25, 0.3) is 0 Å². The molecule has 1 radical (unpaired) electrons. The second kappa shape index (κ2) is 4.19. The van der Waals surface area contributed by atoms with Crippen molar-refractivity contribution in [3.63, 3.8) is 0 Å². The van der Waals surface area contributed by atoms with Gasteiger partial charge < -0.3 is 5.32 Å². The summed E-state index contributed by atoms with van der Waals surface area (Å²) in [5, 5.41) is 2.71. The number of piperidine rings is 1. The van der Waals surface area contributed by atoms with E-state index >= 15 is 0 Å². The lowest BCUT2D eigenvalue weighted by Gasteiger charge is -2.21. The molecule has 13 heavy (non-hydrogen) atoms. The second-order valence-corrected chi connectivity index (χ2v) is 5.35. The van der Waals surface area contributed by atoms with E-state index in [1.165, 1.54) is 6.92 Å². The maximum Gasteiger partial charge on any atom is 0.164 e. The van der Waals surface area contributed by atoms with Gasteiger partial charge in [0.1, 0.15) is 11.5 Å². The molecule has 1 saturated heterocycles. The average molecular weight is 204 g/mol. The summed E-state index contributed by atoms with van der Waals surface area (Å²) in [6, 6.07) is 0. The minimum atomic E-state index is -3.30. The molecule has 1 fully saturated rings. The topological polar surface area (TPSA) is 63.2 Å². The highest BCUT2D eigenvalue weighted by Crippen LogP contribution is 2.16. The largest absolute Gasteiger partial charge is 0.317 e. The van der Waals surface area contributed by atoms with Gasteiger partial charge in [-0.15, -0.1) is 0 Å². The van der Waals surface area contributed by atoms with Crippen LogP contribution in [0.15, 0.2) is 0 Å². The van der Waals surface area contributed by atoms with Crippen LogP contribution in [0.1, 0.15) is 19.8 Å². The van der Waals surface area contributed by atoms with Gasteiger partial charge in [-0.25, -0.2) is 8.42 Å². The third-order valence-corrected chi connectivity index (χ3v) is 4.14. The van der Waals surface area contributed by atoms with Crippen LogP contribution in [0, 0.1) is 5.75 Å². The Labute approximate surface area is 78.6 Å². The predicted molar refractivity (Wildman–Crippen MR) is 49.8 cm³/mol. The fraction of sp³-hybridized carbons (Fsp3) is 0.750. The lowest BCUT2D eigenvalue weighted by atomic mass is 10.2. The molecule has 0 aliphatic carbocycles. The van der Waals surface area contributed by atoms with E-state index in [4.69, 9.17) is 0 Å². The quantitative estimate of drug-likeness (QED) is 0.697. The molecule has 1 heterocycles. The predicted octanol–water partition coefficient (Wildman–Crippen LogP) is -0.0960. The SMILES string of the molecule is CC(=O)[CH]S(=O)(=O)C1CCNCC1. The number of rotatable bonds is 3. The van der Waals surface area contributed by atoms with E-state index < -0.39 is 15.6 Å². The maximum absolute atomic E-state index is 11.5. The Morgan fingerprint density at radius 2 is 1.92 bits per heavy atom. The number of hydrogen-bond acceptors (Lipinski definition) is 4. The normalized spacial score (nSPS) is 20.1. The van der Waals surface area contributed by atoms with Crippen LogP contribution in [-0.2, 0) is 14.6 Å². The first-order valence-electron chi connectivity index (χ1n) is 4.32. The fourth-order valence-corrected chi connectivity index (χ4v) is 3.00. The summed E-state index contributed by atoms with van der Waals surface area (Å²) in [6.07, 6.45) is 1.21. The number of sulfone groups is 1. The van der Waals surface area contributed by atoms with Gasteiger partial charge in [-0.2, -0.15) is 0 Å². The van der Waals surface area contributed by atoms with Crippen molar-refractivity contribution in [2.45, 2.75) is 25.0 Å². The molecule has 0 unspecified atom stereocenters. The summed E-state index contributed by atoms with van der Waals surface area (Å²) >= 11 is 0. The van der Waals surface area contributed by atoms with E-state index in [0.717, 1.165) is 18.8 Å². The molecule has 0 saturated carbocycles. The second-order valence-electron chi connectivity index (χ2n) is 3.27. The summed E-state index contributed by atoms with van der Waals surface area (Å²) in [4.78, 5) is 10.7. The lowest BCUT2D eigenvalue weighted by Crippen LogP contribution is -2.36. The van der Waals surface area contributed by atoms with Gasteiger partial charge in [0.05, 0.1) is 5.25 Å². The van der Waals surface area contributed by atoms with Crippen molar-refractivity contribution >= 4 is 15.6 Å². The van der Waals surface area contributed by atoms with E-state index in [1.54, 1.807) is 0 Å². The van der Waals surface area contributed by atoms with Crippen molar-refractivity contribution in [1.82, 2.24) is 5.32 Å². The molecule has 0 spiro atoms. The van der Waals surface area contributed by atoms with Gasteiger partial charge in [0.2, 0.25) is 0 Å². The van der Waals surface area contributed by atoms with Crippen molar-refractivity contribution in [2.75, 3.05) is 13.1 Å². The summed E-state index contributed by atoms with van der Waals surface area (Å²) < 4.78 is 23.0. The monoisotopic (exact) mass is 204 g/mol. The van der Waals surface area contributed by atoms with Crippen molar-refractivity contribution in [3.8, 4) is 0 Å². The van der Waals surface area contributed by atoms with Crippen LogP contribution >= 0.6 is 0 Å². The van der Waals surface area contributed by atoms with Gasteiger partial charge in [0, 0.05) is 0 Å². The number of hydrogen-bond donors (Lipinski definition) is 1. The van der Waals surface area contributed by atoms with Crippen LogP contribution in [0.2, 0.25) is 0 Å². The summed E-state index contributed by atoms with van der Waals surface area (Å²) in [7, 11) is -3.30. The molecular formula is C8H14NO3S. The van der Waals surface area contributed by atoms with Crippen molar-refractivity contribution < 1.29 is 13.2 Å². The third kappa shape index (κ3) is 3.08. The van der Waals surface area contributed by atoms with Gasteiger partial charge in [-0.05, 0) is 32.9 Å². The van der Waals surface area contributed by atoms with Crippen molar-refractivity contribution in [2.24, 2.45) is 0 Å². The Balaban J connectivity index is 2.62. The zero-order valence-electron chi connectivity index (χ0n) is 7.62. The van der Waals surface area contributed by atoms with Crippen LogP contribution in [0.4, 0.5) is 0 Å². The van der Waals surface area contributed by atoms with Gasteiger partial charge in [-0.1, -0.05) is 0 Å². The van der Waals surface area contributed by atoms with Gasteiger partial charge in [0.15, 0.2) is 9.84 Å². The molecule has 0 aromatic carbocycles. The van der Waals surface area contributed by atoms with Gasteiger partial charge in [-0.3, -0.25) is 4.79 Å². The summed E-state index contributed by atoms with van der Waals surface area (Å²) in [5.41, 5.74) is 0. The number of ketones is 1. The Hall–Kier alpha value is -0.420. The molecule has 0 aromatic heterocycles. The maximum atomic E-state index is 11.5. The summed E-state index contributed by atoms with van der Waals surface area (Å²) in [6.45, 7) is 2.70. The zero-order valence-corrected chi connectivity index (χ0v) is 8.43. The molecule has 0 atom stereocenters. The Morgan fingerprint density at radius 1 is 1.38 bits per heavy atom. The molecule has 5 heteroatoms. The lowest BCUT2D eigenvalue weighted by molar-refractivity contribution is -0.113. The molecule has 0 aromatic rings. The van der Waals surface area contributed by atoms with Crippen LogP contribution in [0.25, 0.3) is 0 Å². The Morgan fingerprint density at radius 3 is 2.38 bits per heavy atom. The molecular weight excluding hydrogens is 190 g/mol. The molecule has 75 valence electrons. The third-order valence-electron chi connectivity index (χ3n) is 2.08. The van der Waals surface area contributed by atoms with E-state index in [-0.39, 0.29) is 5.25 Å². The zero-order chi connectivity index (χ0) is 9.90. The van der Waals surface area contributed by atoms with E-state index in [0.29, 0.717) is 12.8 Å². The highest BCUT2D eigenvalue weighted by Gasteiger charge is 2.28. The van der Waals surface area contributed by atoms with Gasteiger partial charge >= 0.3 is 0 Å². The number of carbonyl (C=O) groups is 1. The minimum absolute atomic E-state index is 0.363. The Kier molecular flexibility index (Phi) is 3.44. The molecule has 1 aliphatic rings. The molecule has 1 aliphatic heterocycles. The molecule has 1 rings (SSSR count). The first-order valence-corrected chi connectivity index (χ1v) is 5.93. The smallest absolute Gasteiger partial charge is 0.164 e. The molecule has 0 bridgehead atoms. The minimum Gasteiger partial charge on any atom is -0.317 e. The number of carbonyl (C=O) groups excluding carboxylic acids is 1. The first-order chi connectivity index (χ1) is 6.02. The highest BCUT2D eigenvalue weighted by molar-refractivity contribution is 7.94. The number of nitrogens with one attached hydrogen (secondary N) is 1. The number of Topliss-reactive ketones (excluding diaryl/α,β-unsaturated/α-hetero) is 1. The van der Waals surface area contributed by atoms with E-state index in [9.17, 15) is 13.2 Å². The molecule has 4 nitrogen and oxygen atoms in total. The first kappa shape index (κ1) is 10.7. The van der Waals surface area contributed by atoms with Crippen LogP contribution in [-0.4, -0.2) is 32.5 Å². The van der Waals surface area contributed by atoms with Crippen LogP contribution in [0.3, 0.4) is 0 Å². The van der Waals surface area contributed by atoms with E-state index in [2.05, 4.69) is 5.32 Å². The summed E-state index contributed by atoms with van der Waals surface area (Å²) in [5.74, 6) is 0.460. The average Bonchev–Trinajstić information content (AvgIpc) is 2.04. The Bertz CT molecular complexity index is 278. The van der Waals surface area contributed by atoms with Crippen molar-refractivity contribution in [3.05, 3.63) is 5.75 Å². The standard InChI is InChI=1S/C8H14NO3S/c1-7(10)6-13(11,12)8-2-4-9-5-3-8/h6,8-9H,2-5H2,1H3. The molecule has 0 amide bonds. The van der Waals surface area contributed by atoms with Crippen LogP contribution in [0.5, 0.6) is 0 Å². The van der Waals surface area contributed by atoms with Crippen LogP contribution < -0.4 is 5.32 Å². The highest BCUT2D eigenvalue weighted by atomic mass is 32.2.